The summed E-state index contributed by atoms with van der Waals surface area (Å²) in [5.41, 5.74) is 3.96. The van der Waals surface area contributed by atoms with Crippen LogP contribution in [0.5, 0.6) is 11.5 Å². The molecule has 31 heavy (non-hydrogen) atoms. The van der Waals surface area contributed by atoms with Gasteiger partial charge in [0, 0.05) is 16.6 Å². The molecule has 0 spiro atoms. The molecule has 0 saturated carbocycles. The molecule has 0 unspecified atom stereocenters. The van der Waals surface area contributed by atoms with E-state index in [4.69, 9.17) is 9.47 Å². The third-order valence-corrected chi connectivity index (χ3v) is 5.73. The number of carboxylic acids is 1. The van der Waals surface area contributed by atoms with Gasteiger partial charge in [-0.3, -0.25) is 0 Å². The van der Waals surface area contributed by atoms with E-state index >= 15 is 0 Å². The molecule has 0 atom stereocenters. The van der Waals surface area contributed by atoms with Crippen LogP contribution in [-0.2, 0) is 0 Å². The van der Waals surface area contributed by atoms with Crippen LogP contribution in [0.1, 0.15) is 10.4 Å². The second kappa shape index (κ2) is 6.64. The van der Waals surface area contributed by atoms with E-state index in [-0.39, 0.29) is 12.4 Å². The minimum Gasteiger partial charge on any atom is -0.478 e. The maximum Gasteiger partial charge on any atom is 0.335 e. The predicted molar refractivity (Wildman–Crippen MR) is 119 cm³/mol. The topological polar surface area (TPSA) is 60.7 Å². The summed E-state index contributed by atoms with van der Waals surface area (Å²) >= 11 is 0. The fourth-order valence-electron chi connectivity index (χ4n) is 4.29. The van der Waals surface area contributed by atoms with E-state index < -0.39 is 5.97 Å². The molecule has 2 heterocycles. The standard InChI is InChI=1S/C26H17NO4/c28-26(29)18-5-3-6-19(12-18)27-22-10-8-16-4-1-2-7-20(16)21(22)14-23(27)17-9-11-24-25(13-17)31-15-30-24/h1-14H,15H2,(H,28,29). The van der Waals surface area contributed by atoms with Gasteiger partial charge in [-0.15, -0.1) is 0 Å². The maximum atomic E-state index is 11.6. The van der Waals surface area contributed by atoms with Gasteiger partial charge in [0.05, 0.1) is 16.8 Å². The number of carbonyl (C=O) groups is 1. The summed E-state index contributed by atoms with van der Waals surface area (Å²) in [5.74, 6) is 0.483. The van der Waals surface area contributed by atoms with E-state index in [2.05, 4.69) is 34.9 Å². The van der Waals surface area contributed by atoms with Gasteiger partial charge in [0.1, 0.15) is 0 Å². The number of benzene rings is 4. The molecule has 1 aliphatic rings. The fraction of sp³-hybridized carbons (Fsp3) is 0.0385. The summed E-state index contributed by atoms with van der Waals surface area (Å²) in [6.07, 6.45) is 0. The highest BCUT2D eigenvalue weighted by molar-refractivity contribution is 6.09. The Labute approximate surface area is 177 Å². The second-order valence-corrected chi connectivity index (χ2v) is 7.51. The first-order valence-electron chi connectivity index (χ1n) is 9.96. The first-order valence-corrected chi connectivity index (χ1v) is 9.96. The molecule has 0 saturated heterocycles. The Morgan fingerprint density at radius 2 is 1.68 bits per heavy atom. The van der Waals surface area contributed by atoms with Crippen molar-refractivity contribution in [1.82, 2.24) is 4.57 Å². The number of rotatable bonds is 3. The molecule has 0 aliphatic carbocycles. The van der Waals surface area contributed by atoms with Gasteiger partial charge >= 0.3 is 5.97 Å². The average Bonchev–Trinajstić information content (AvgIpc) is 3.43. The van der Waals surface area contributed by atoms with Crippen molar-refractivity contribution in [2.45, 2.75) is 0 Å². The van der Waals surface area contributed by atoms with Crippen LogP contribution in [0.3, 0.4) is 0 Å². The van der Waals surface area contributed by atoms with E-state index in [1.807, 2.05) is 36.4 Å². The summed E-state index contributed by atoms with van der Waals surface area (Å²) in [7, 11) is 0. The van der Waals surface area contributed by atoms with Crippen molar-refractivity contribution >= 4 is 27.6 Å². The molecular formula is C26H17NO4. The molecule has 0 amide bonds. The van der Waals surface area contributed by atoms with Gasteiger partial charge < -0.3 is 19.1 Å². The molecular weight excluding hydrogens is 390 g/mol. The minimum atomic E-state index is -0.951. The molecule has 0 radical (unpaired) electrons. The Kier molecular flexibility index (Phi) is 3.77. The summed E-state index contributed by atoms with van der Waals surface area (Å²) in [6, 6.07) is 27.5. The van der Waals surface area contributed by atoms with Gasteiger partial charge in [-0.05, 0) is 59.3 Å². The molecule has 5 nitrogen and oxygen atoms in total. The van der Waals surface area contributed by atoms with E-state index in [0.717, 1.165) is 44.4 Å². The van der Waals surface area contributed by atoms with Crippen molar-refractivity contribution in [1.29, 1.82) is 0 Å². The van der Waals surface area contributed by atoms with Crippen LogP contribution in [0, 0.1) is 0 Å². The van der Waals surface area contributed by atoms with Crippen LogP contribution in [0.2, 0.25) is 0 Å². The molecule has 6 rings (SSSR count). The highest BCUT2D eigenvalue weighted by atomic mass is 16.7. The van der Waals surface area contributed by atoms with Gasteiger partial charge in [0.15, 0.2) is 11.5 Å². The van der Waals surface area contributed by atoms with Gasteiger partial charge in [-0.25, -0.2) is 4.79 Å². The lowest BCUT2D eigenvalue weighted by Crippen LogP contribution is -2.01. The van der Waals surface area contributed by atoms with Crippen molar-refractivity contribution in [3.63, 3.8) is 0 Å². The Morgan fingerprint density at radius 1 is 0.806 bits per heavy atom. The van der Waals surface area contributed by atoms with E-state index in [9.17, 15) is 9.90 Å². The molecule has 4 aromatic carbocycles. The number of hydrogen-bond donors (Lipinski definition) is 1. The van der Waals surface area contributed by atoms with Crippen molar-refractivity contribution in [3.8, 4) is 28.4 Å². The summed E-state index contributed by atoms with van der Waals surface area (Å²) in [4.78, 5) is 11.6. The molecule has 150 valence electrons. The molecule has 1 N–H and O–H groups in total. The molecule has 0 bridgehead atoms. The summed E-state index contributed by atoms with van der Waals surface area (Å²) in [5, 5.41) is 12.9. The van der Waals surface area contributed by atoms with Crippen molar-refractivity contribution in [2.24, 2.45) is 0 Å². The normalized spacial score (nSPS) is 12.5. The Balaban J connectivity index is 1.69. The first kappa shape index (κ1) is 17.6. The smallest absolute Gasteiger partial charge is 0.335 e. The van der Waals surface area contributed by atoms with Crippen molar-refractivity contribution < 1.29 is 19.4 Å². The fourth-order valence-corrected chi connectivity index (χ4v) is 4.29. The van der Waals surface area contributed by atoms with Crippen molar-refractivity contribution in [3.05, 3.63) is 90.5 Å². The molecule has 5 aromatic rings. The van der Waals surface area contributed by atoms with Crippen LogP contribution in [-0.4, -0.2) is 22.4 Å². The zero-order valence-corrected chi connectivity index (χ0v) is 16.4. The van der Waals surface area contributed by atoms with Crippen molar-refractivity contribution in [2.75, 3.05) is 6.79 Å². The quantitative estimate of drug-likeness (QED) is 0.406. The third-order valence-electron chi connectivity index (χ3n) is 5.73. The lowest BCUT2D eigenvalue weighted by Gasteiger charge is -2.13. The highest BCUT2D eigenvalue weighted by Crippen LogP contribution is 2.40. The number of hydrogen-bond acceptors (Lipinski definition) is 3. The molecule has 5 heteroatoms. The van der Waals surface area contributed by atoms with Crippen LogP contribution < -0.4 is 9.47 Å². The molecule has 0 fully saturated rings. The maximum absolute atomic E-state index is 11.6. The number of aromatic nitrogens is 1. The predicted octanol–water partition coefficient (Wildman–Crippen LogP) is 5.88. The zero-order valence-electron chi connectivity index (χ0n) is 16.4. The van der Waals surface area contributed by atoms with Gasteiger partial charge in [-0.2, -0.15) is 0 Å². The van der Waals surface area contributed by atoms with E-state index in [0.29, 0.717) is 5.75 Å². The molecule has 1 aliphatic heterocycles. The van der Waals surface area contributed by atoms with Gasteiger partial charge in [0.2, 0.25) is 6.79 Å². The lowest BCUT2D eigenvalue weighted by atomic mass is 10.1. The highest BCUT2D eigenvalue weighted by Gasteiger charge is 2.19. The Bertz CT molecular complexity index is 1500. The largest absolute Gasteiger partial charge is 0.478 e. The van der Waals surface area contributed by atoms with Crippen LogP contribution in [0.4, 0.5) is 0 Å². The minimum absolute atomic E-state index is 0.215. The van der Waals surface area contributed by atoms with Crippen LogP contribution >= 0.6 is 0 Å². The van der Waals surface area contributed by atoms with Gasteiger partial charge in [-0.1, -0.05) is 36.4 Å². The monoisotopic (exact) mass is 407 g/mol. The number of ether oxygens (including phenoxy) is 2. The summed E-state index contributed by atoms with van der Waals surface area (Å²) in [6.45, 7) is 0.215. The van der Waals surface area contributed by atoms with Crippen LogP contribution in [0.25, 0.3) is 38.6 Å². The van der Waals surface area contributed by atoms with E-state index in [1.165, 1.54) is 0 Å². The summed E-state index contributed by atoms with van der Waals surface area (Å²) < 4.78 is 13.2. The zero-order chi connectivity index (χ0) is 20.9. The molecule has 1 aromatic heterocycles. The van der Waals surface area contributed by atoms with Gasteiger partial charge in [0.25, 0.3) is 0 Å². The Hall–Kier alpha value is -4.25. The lowest BCUT2D eigenvalue weighted by molar-refractivity contribution is 0.0697. The number of aromatic carboxylic acids is 1. The SMILES string of the molecule is O=C(O)c1cccc(-n2c(-c3ccc4c(c3)OCO4)cc3c4ccccc4ccc32)c1. The van der Waals surface area contributed by atoms with E-state index in [1.54, 1.807) is 18.2 Å². The Morgan fingerprint density at radius 3 is 2.58 bits per heavy atom. The second-order valence-electron chi connectivity index (χ2n) is 7.51. The number of carboxylic acid groups (broad SMARTS) is 1. The first-order chi connectivity index (χ1) is 15.2. The third kappa shape index (κ3) is 2.74. The number of fused-ring (bicyclic) bond motifs is 4. The average molecular weight is 407 g/mol. The number of nitrogens with zero attached hydrogens (tertiary/aromatic N) is 1. The van der Waals surface area contributed by atoms with Crippen LogP contribution in [0.15, 0.2) is 84.9 Å².